The Bertz CT molecular complexity index is 263. The molecule has 0 bridgehead atoms. The highest BCUT2D eigenvalue weighted by molar-refractivity contribution is 4.74. The summed E-state index contributed by atoms with van der Waals surface area (Å²) >= 11 is 0. The highest BCUT2D eigenvalue weighted by Gasteiger charge is 2.66. The van der Waals surface area contributed by atoms with Crippen molar-refractivity contribution in [2.75, 3.05) is 6.61 Å². The van der Waals surface area contributed by atoms with Crippen molar-refractivity contribution in [2.24, 2.45) is 0 Å². The van der Waals surface area contributed by atoms with Crippen LogP contribution in [0, 0.1) is 0 Å². The zero-order valence-corrected chi connectivity index (χ0v) is 7.91. The largest absolute Gasteiger partial charge is 0.478 e. The van der Waals surface area contributed by atoms with Gasteiger partial charge in [-0.25, -0.2) is 13.5 Å². The van der Waals surface area contributed by atoms with Gasteiger partial charge in [0, 0.05) is 0 Å². The topological polar surface area (TPSA) is 18.5 Å². The fourth-order valence-corrected chi connectivity index (χ4v) is 0.555. The van der Waals surface area contributed by atoms with Gasteiger partial charge in [-0.05, 0) is 0 Å². The van der Waals surface area contributed by atoms with Gasteiger partial charge in [-0.2, -0.15) is 26.3 Å². The summed E-state index contributed by atoms with van der Waals surface area (Å²) in [4.78, 5) is 0. The van der Waals surface area contributed by atoms with Crippen molar-refractivity contribution in [1.29, 1.82) is 0 Å². The maximum Gasteiger partial charge on any atom is 0.478 e. The van der Waals surface area contributed by atoms with E-state index in [1.807, 2.05) is 0 Å². The van der Waals surface area contributed by atoms with E-state index in [1.54, 1.807) is 0 Å². The zero-order valence-electron chi connectivity index (χ0n) is 7.91. The molecule has 0 saturated carbocycles. The van der Waals surface area contributed by atoms with Crippen molar-refractivity contribution in [2.45, 2.75) is 24.8 Å². The molecule has 0 aromatic carbocycles. The molecule has 10 heteroatoms. The highest BCUT2D eigenvalue weighted by atomic mass is 19.4. The second kappa shape index (κ2) is 5.17. The van der Waals surface area contributed by atoms with Crippen LogP contribution in [0.25, 0.3) is 0 Å². The Morgan fingerprint density at radius 3 is 1.82 bits per heavy atom. The van der Waals surface area contributed by atoms with Gasteiger partial charge in [-0.15, -0.1) is 6.58 Å². The predicted molar refractivity (Wildman–Crippen MR) is 38.1 cm³/mol. The van der Waals surface area contributed by atoms with Crippen LogP contribution in [0.5, 0.6) is 0 Å². The number of ether oxygens (including phenoxy) is 2. The number of rotatable bonds is 6. The summed E-state index contributed by atoms with van der Waals surface area (Å²) in [6, 6.07) is -5.35. The predicted octanol–water partition coefficient (Wildman–Crippen LogP) is 3.25. The van der Waals surface area contributed by atoms with Gasteiger partial charge >= 0.3 is 24.8 Å². The van der Waals surface area contributed by atoms with Gasteiger partial charge < -0.3 is 4.74 Å². The van der Waals surface area contributed by atoms with Crippen LogP contribution >= 0.6 is 0 Å². The van der Waals surface area contributed by atoms with E-state index < -0.39 is 31.4 Å². The Kier molecular flexibility index (Phi) is 4.90. The fraction of sp³-hybridized carbons (Fsp3) is 0.714. The van der Waals surface area contributed by atoms with Crippen LogP contribution in [-0.4, -0.2) is 31.4 Å². The summed E-state index contributed by atoms with van der Waals surface area (Å²) in [6.07, 6.45) is -15.8. The van der Waals surface area contributed by atoms with E-state index in [2.05, 4.69) is 16.1 Å². The molecular weight excluding hydrogens is 268 g/mol. The van der Waals surface area contributed by atoms with Crippen LogP contribution in [0.3, 0.4) is 0 Å². The Morgan fingerprint density at radius 2 is 1.53 bits per heavy atom. The normalized spacial score (nSPS) is 17.0. The van der Waals surface area contributed by atoms with Gasteiger partial charge in [-0.3, -0.25) is 0 Å². The molecule has 0 aromatic heterocycles. The first-order valence-electron chi connectivity index (χ1n) is 3.83. The van der Waals surface area contributed by atoms with Gasteiger partial charge in [0.1, 0.15) is 0 Å². The highest BCUT2D eigenvalue weighted by Crippen LogP contribution is 2.41. The SMILES string of the molecule is C=CCOC(F)(OC(F)(F)C(F)F)C(F)(F)F. The Hall–Kier alpha value is -0.900. The standard InChI is InChI=1S/C7H6F8O2/c1-2-3-16-7(15,6(12,13)14)17-5(10,11)4(8)9/h2,4H,1,3H2. The molecule has 0 aliphatic heterocycles. The fourth-order valence-electron chi connectivity index (χ4n) is 0.555. The minimum absolute atomic E-state index is 0.587. The molecule has 0 radical (unpaired) electrons. The first-order valence-corrected chi connectivity index (χ1v) is 3.83. The maximum atomic E-state index is 12.9. The lowest BCUT2D eigenvalue weighted by molar-refractivity contribution is -0.502. The second-order valence-electron chi connectivity index (χ2n) is 2.60. The molecule has 2 nitrogen and oxygen atoms in total. The van der Waals surface area contributed by atoms with Crippen LogP contribution in [0.2, 0.25) is 0 Å². The minimum atomic E-state index is -6.08. The second-order valence-corrected chi connectivity index (χ2v) is 2.60. The third kappa shape index (κ3) is 4.11. The summed E-state index contributed by atoms with van der Waals surface area (Å²) in [5.41, 5.74) is 0. The van der Waals surface area contributed by atoms with E-state index in [0.717, 1.165) is 0 Å². The van der Waals surface area contributed by atoms with Gasteiger partial charge in [0.2, 0.25) is 0 Å². The van der Waals surface area contributed by atoms with Crippen LogP contribution in [0.15, 0.2) is 12.7 Å². The summed E-state index contributed by atoms with van der Waals surface area (Å²) in [5, 5.41) is 0. The quantitative estimate of drug-likeness (QED) is 0.420. The summed E-state index contributed by atoms with van der Waals surface area (Å²) in [5.74, 6) is 0. The monoisotopic (exact) mass is 274 g/mol. The molecule has 0 saturated heterocycles. The van der Waals surface area contributed by atoms with Crippen LogP contribution in [0.1, 0.15) is 0 Å². The molecular formula is C7H6F8O2. The molecule has 0 N–H and O–H groups in total. The average Bonchev–Trinajstić information content (AvgIpc) is 2.12. The molecule has 0 spiro atoms. The number of hydrogen-bond acceptors (Lipinski definition) is 2. The van der Waals surface area contributed by atoms with Crippen LogP contribution < -0.4 is 0 Å². The van der Waals surface area contributed by atoms with E-state index in [4.69, 9.17) is 0 Å². The first-order chi connectivity index (χ1) is 7.46. The maximum absolute atomic E-state index is 12.9. The molecule has 0 rings (SSSR count). The van der Waals surface area contributed by atoms with Crippen molar-refractivity contribution in [1.82, 2.24) is 0 Å². The Labute approximate surface area is 89.8 Å². The van der Waals surface area contributed by atoms with Crippen LogP contribution in [0.4, 0.5) is 35.1 Å². The molecule has 102 valence electrons. The minimum Gasteiger partial charge on any atom is -0.312 e. The smallest absolute Gasteiger partial charge is 0.312 e. The number of hydrogen-bond donors (Lipinski definition) is 0. The zero-order chi connectivity index (χ0) is 13.9. The van der Waals surface area contributed by atoms with Gasteiger partial charge in [0.05, 0.1) is 6.61 Å². The van der Waals surface area contributed by atoms with E-state index in [1.165, 1.54) is 0 Å². The number of halogens is 8. The third-order valence-corrected chi connectivity index (χ3v) is 1.25. The van der Waals surface area contributed by atoms with Crippen molar-refractivity contribution in [3.63, 3.8) is 0 Å². The molecule has 0 aliphatic carbocycles. The molecule has 0 aromatic rings. The van der Waals surface area contributed by atoms with Crippen LogP contribution in [-0.2, 0) is 9.47 Å². The lowest BCUT2D eigenvalue weighted by Crippen LogP contribution is -2.52. The van der Waals surface area contributed by atoms with Crippen molar-refractivity contribution < 1.29 is 44.6 Å². The molecule has 0 amide bonds. The van der Waals surface area contributed by atoms with E-state index in [0.29, 0.717) is 6.08 Å². The van der Waals surface area contributed by atoms with Gasteiger partial charge in [-0.1, -0.05) is 6.08 Å². The summed E-state index contributed by atoms with van der Waals surface area (Å²) in [6.45, 7) is 1.66. The van der Waals surface area contributed by atoms with E-state index in [-0.39, 0.29) is 0 Å². The third-order valence-electron chi connectivity index (χ3n) is 1.25. The van der Waals surface area contributed by atoms with Crippen molar-refractivity contribution in [3.8, 4) is 0 Å². The molecule has 0 heterocycles. The summed E-state index contributed by atoms with van der Waals surface area (Å²) in [7, 11) is 0. The van der Waals surface area contributed by atoms with E-state index in [9.17, 15) is 35.1 Å². The van der Waals surface area contributed by atoms with E-state index >= 15 is 0 Å². The number of alkyl halides is 8. The van der Waals surface area contributed by atoms with Crippen molar-refractivity contribution in [3.05, 3.63) is 12.7 Å². The molecule has 1 atom stereocenters. The Balaban J connectivity index is 5.01. The van der Waals surface area contributed by atoms with Gasteiger partial charge in [0.25, 0.3) is 0 Å². The summed E-state index contributed by atoms with van der Waals surface area (Å²) < 4.78 is 102. The molecule has 0 fully saturated rings. The Morgan fingerprint density at radius 1 is 1.06 bits per heavy atom. The van der Waals surface area contributed by atoms with Crippen molar-refractivity contribution >= 4 is 0 Å². The molecule has 0 aliphatic rings. The molecule has 17 heavy (non-hydrogen) atoms. The van der Waals surface area contributed by atoms with Gasteiger partial charge in [0.15, 0.2) is 0 Å². The average molecular weight is 274 g/mol. The molecule has 1 unspecified atom stereocenters. The first kappa shape index (κ1) is 16.1. The lowest BCUT2D eigenvalue weighted by Gasteiger charge is -2.30. The lowest BCUT2D eigenvalue weighted by atomic mass is 10.5.